The molecule has 5 nitrogen and oxygen atoms in total. The van der Waals surface area contributed by atoms with Crippen molar-refractivity contribution < 1.29 is 8.42 Å². The van der Waals surface area contributed by atoms with Gasteiger partial charge in [0.2, 0.25) is 0 Å². The molecule has 1 aromatic heterocycles. The molecule has 0 saturated carbocycles. The molecule has 0 fully saturated rings. The normalized spacial score (nSPS) is 10.8. The van der Waals surface area contributed by atoms with Crippen LogP contribution in [0.2, 0.25) is 0 Å². The first kappa shape index (κ1) is 12.5. The van der Waals surface area contributed by atoms with Crippen molar-refractivity contribution in [1.82, 2.24) is 4.98 Å². The van der Waals surface area contributed by atoms with E-state index >= 15 is 0 Å². The number of nitrogens with zero attached hydrogens (tertiary/aromatic N) is 2. The highest BCUT2D eigenvalue weighted by Gasteiger charge is 2.07. The molecule has 0 aliphatic heterocycles. The SMILES string of the molecule is Cc1ccnc(NCCS(C)(=O)=O)c1C#N. The van der Waals surface area contributed by atoms with Gasteiger partial charge in [-0.25, -0.2) is 13.4 Å². The molecule has 1 N–H and O–H groups in total. The summed E-state index contributed by atoms with van der Waals surface area (Å²) < 4.78 is 21.8. The van der Waals surface area contributed by atoms with Crippen molar-refractivity contribution in [2.24, 2.45) is 0 Å². The predicted octanol–water partition coefficient (Wildman–Crippen LogP) is 0.718. The maximum atomic E-state index is 10.9. The zero-order valence-corrected chi connectivity index (χ0v) is 10.0. The highest BCUT2D eigenvalue weighted by Crippen LogP contribution is 2.14. The maximum absolute atomic E-state index is 10.9. The molecule has 0 atom stereocenters. The van der Waals surface area contributed by atoms with Gasteiger partial charge in [-0.05, 0) is 18.6 Å². The van der Waals surface area contributed by atoms with Crippen LogP contribution in [0.5, 0.6) is 0 Å². The van der Waals surface area contributed by atoms with E-state index in [0.717, 1.165) is 5.56 Å². The number of nitrogens with one attached hydrogen (secondary N) is 1. The Morgan fingerprint density at radius 3 is 2.81 bits per heavy atom. The molecule has 1 rings (SSSR count). The van der Waals surface area contributed by atoms with Gasteiger partial charge in [0.1, 0.15) is 21.7 Å². The van der Waals surface area contributed by atoms with Gasteiger partial charge in [0.15, 0.2) is 0 Å². The number of rotatable bonds is 4. The van der Waals surface area contributed by atoms with Crippen molar-refractivity contribution in [3.8, 4) is 6.07 Å². The number of anilines is 1. The van der Waals surface area contributed by atoms with Gasteiger partial charge in [-0.1, -0.05) is 0 Å². The lowest BCUT2D eigenvalue weighted by Crippen LogP contribution is -2.15. The summed E-state index contributed by atoms with van der Waals surface area (Å²) in [6.45, 7) is 2.06. The van der Waals surface area contributed by atoms with Crippen LogP contribution in [0.4, 0.5) is 5.82 Å². The molecule has 6 heteroatoms. The Morgan fingerprint density at radius 2 is 2.25 bits per heavy atom. The summed E-state index contributed by atoms with van der Waals surface area (Å²) in [6, 6.07) is 3.77. The number of hydrogen-bond acceptors (Lipinski definition) is 5. The van der Waals surface area contributed by atoms with Gasteiger partial charge < -0.3 is 5.32 Å². The molecule has 0 aromatic carbocycles. The van der Waals surface area contributed by atoms with E-state index in [2.05, 4.69) is 10.3 Å². The lowest BCUT2D eigenvalue weighted by atomic mass is 10.1. The summed E-state index contributed by atoms with van der Waals surface area (Å²) in [5, 5.41) is 11.8. The summed E-state index contributed by atoms with van der Waals surface area (Å²) in [5.74, 6) is 0.458. The lowest BCUT2D eigenvalue weighted by molar-refractivity contribution is 0.602. The van der Waals surface area contributed by atoms with Gasteiger partial charge in [-0.15, -0.1) is 0 Å². The van der Waals surface area contributed by atoms with E-state index in [-0.39, 0.29) is 12.3 Å². The monoisotopic (exact) mass is 239 g/mol. The van der Waals surface area contributed by atoms with Gasteiger partial charge in [-0.3, -0.25) is 0 Å². The Balaban J connectivity index is 2.76. The summed E-state index contributed by atoms with van der Waals surface area (Å²) >= 11 is 0. The summed E-state index contributed by atoms with van der Waals surface area (Å²) in [6.07, 6.45) is 2.75. The Kier molecular flexibility index (Phi) is 3.85. The van der Waals surface area contributed by atoms with Gasteiger partial charge in [0, 0.05) is 19.0 Å². The largest absolute Gasteiger partial charge is 0.368 e. The molecule has 0 radical (unpaired) electrons. The lowest BCUT2D eigenvalue weighted by Gasteiger charge is -2.07. The molecule has 0 amide bonds. The Hall–Kier alpha value is -1.61. The third-order valence-electron chi connectivity index (χ3n) is 2.04. The zero-order valence-electron chi connectivity index (χ0n) is 9.19. The van der Waals surface area contributed by atoms with Gasteiger partial charge in [-0.2, -0.15) is 5.26 Å². The smallest absolute Gasteiger partial charge is 0.149 e. The average Bonchev–Trinajstić information content (AvgIpc) is 2.16. The van der Waals surface area contributed by atoms with E-state index in [1.165, 1.54) is 6.26 Å². The predicted molar refractivity (Wildman–Crippen MR) is 61.9 cm³/mol. The van der Waals surface area contributed by atoms with Crippen LogP contribution < -0.4 is 5.32 Å². The highest BCUT2D eigenvalue weighted by atomic mass is 32.2. The van der Waals surface area contributed by atoms with Crippen molar-refractivity contribution >= 4 is 15.7 Å². The van der Waals surface area contributed by atoms with E-state index in [9.17, 15) is 8.42 Å². The van der Waals surface area contributed by atoms with Crippen LogP contribution >= 0.6 is 0 Å². The number of aryl methyl sites for hydroxylation is 1. The maximum Gasteiger partial charge on any atom is 0.149 e. The molecule has 16 heavy (non-hydrogen) atoms. The zero-order chi connectivity index (χ0) is 12.2. The molecule has 0 aliphatic rings. The topological polar surface area (TPSA) is 82.8 Å². The fourth-order valence-corrected chi connectivity index (χ4v) is 1.66. The first-order valence-corrected chi connectivity index (χ1v) is 6.77. The molecule has 0 bridgehead atoms. The molecule has 0 aliphatic carbocycles. The second kappa shape index (κ2) is 4.94. The molecule has 0 saturated heterocycles. The minimum Gasteiger partial charge on any atom is -0.368 e. The van der Waals surface area contributed by atoms with Gasteiger partial charge in [0.25, 0.3) is 0 Å². The summed E-state index contributed by atoms with van der Waals surface area (Å²) in [5.41, 5.74) is 1.27. The number of aromatic nitrogens is 1. The molecule has 0 unspecified atom stereocenters. The fourth-order valence-electron chi connectivity index (χ4n) is 1.19. The standard InChI is InChI=1S/C10H13N3O2S/c1-8-3-4-12-10(9(8)7-11)13-5-6-16(2,14)15/h3-4H,5-6H2,1-2H3,(H,12,13). The van der Waals surface area contributed by atoms with Crippen molar-refractivity contribution in [1.29, 1.82) is 5.26 Å². The molecule has 0 spiro atoms. The van der Waals surface area contributed by atoms with E-state index in [0.29, 0.717) is 11.4 Å². The van der Waals surface area contributed by atoms with Crippen LogP contribution in [0.15, 0.2) is 12.3 Å². The Bertz CT molecular complexity index is 517. The van der Waals surface area contributed by atoms with E-state index in [1.807, 2.05) is 13.0 Å². The summed E-state index contributed by atoms with van der Waals surface area (Å²) in [4.78, 5) is 4.00. The van der Waals surface area contributed by atoms with Crippen molar-refractivity contribution in [2.75, 3.05) is 23.9 Å². The second-order valence-electron chi connectivity index (χ2n) is 3.52. The number of nitriles is 1. The minimum absolute atomic E-state index is 0.0213. The molecular formula is C10H13N3O2S. The van der Waals surface area contributed by atoms with Gasteiger partial charge in [0.05, 0.1) is 11.3 Å². The molecular weight excluding hydrogens is 226 g/mol. The quantitative estimate of drug-likeness (QED) is 0.837. The number of pyridine rings is 1. The molecule has 86 valence electrons. The van der Waals surface area contributed by atoms with Crippen LogP contribution in [-0.4, -0.2) is 32.0 Å². The number of hydrogen-bond donors (Lipinski definition) is 1. The van der Waals surface area contributed by atoms with Crippen LogP contribution in [0, 0.1) is 18.3 Å². The molecule has 1 aromatic rings. The van der Waals surface area contributed by atoms with Crippen molar-refractivity contribution in [3.05, 3.63) is 23.4 Å². The Labute approximate surface area is 95.0 Å². The third-order valence-corrected chi connectivity index (χ3v) is 2.98. The van der Waals surface area contributed by atoms with Crippen LogP contribution in [-0.2, 0) is 9.84 Å². The highest BCUT2D eigenvalue weighted by molar-refractivity contribution is 7.90. The Morgan fingerprint density at radius 1 is 1.56 bits per heavy atom. The van der Waals surface area contributed by atoms with E-state index in [1.54, 1.807) is 12.3 Å². The van der Waals surface area contributed by atoms with E-state index < -0.39 is 9.84 Å². The van der Waals surface area contributed by atoms with Crippen LogP contribution in [0.1, 0.15) is 11.1 Å². The van der Waals surface area contributed by atoms with Crippen molar-refractivity contribution in [3.63, 3.8) is 0 Å². The van der Waals surface area contributed by atoms with Gasteiger partial charge >= 0.3 is 0 Å². The first-order valence-electron chi connectivity index (χ1n) is 4.71. The fraction of sp³-hybridized carbons (Fsp3) is 0.400. The molecule has 1 heterocycles. The summed E-state index contributed by atoms with van der Waals surface area (Å²) in [7, 11) is -3.00. The second-order valence-corrected chi connectivity index (χ2v) is 5.78. The van der Waals surface area contributed by atoms with E-state index in [4.69, 9.17) is 5.26 Å². The first-order chi connectivity index (χ1) is 7.44. The van der Waals surface area contributed by atoms with Crippen molar-refractivity contribution in [2.45, 2.75) is 6.92 Å². The minimum atomic E-state index is -3.00. The van der Waals surface area contributed by atoms with Crippen LogP contribution in [0.3, 0.4) is 0 Å². The average molecular weight is 239 g/mol. The number of sulfone groups is 1. The third kappa shape index (κ3) is 3.51. The van der Waals surface area contributed by atoms with Crippen LogP contribution in [0.25, 0.3) is 0 Å².